The molecule has 0 fully saturated rings. The summed E-state index contributed by atoms with van der Waals surface area (Å²) in [4.78, 5) is 8.43. The first kappa shape index (κ1) is 12.4. The van der Waals surface area contributed by atoms with Gasteiger partial charge in [-0.2, -0.15) is 4.98 Å². The highest BCUT2D eigenvalue weighted by Crippen LogP contribution is 2.25. The molecule has 1 aromatic heterocycles. The topological polar surface area (TPSA) is 61.0 Å². The molecule has 2 rings (SSSR count). The van der Waals surface area contributed by atoms with Crippen LogP contribution >= 0.6 is 0 Å². The monoisotopic (exact) mass is 243 g/mol. The number of rotatable bonds is 3. The van der Waals surface area contributed by atoms with Gasteiger partial charge >= 0.3 is 0 Å². The van der Waals surface area contributed by atoms with Crippen molar-refractivity contribution in [2.24, 2.45) is 0 Å². The van der Waals surface area contributed by atoms with Crippen molar-refractivity contribution in [1.29, 1.82) is 0 Å². The van der Waals surface area contributed by atoms with Crippen molar-refractivity contribution in [3.8, 4) is 11.6 Å². The Labute approximate surface area is 107 Å². The lowest BCUT2D eigenvalue weighted by Crippen LogP contribution is -2.01. The first-order valence-corrected chi connectivity index (χ1v) is 5.97. The van der Waals surface area contributed by atoms with Crippen LogP contribution in [0.1, 0.15) is 23.9 Å². The van der Waals surface area contributed by atoms with Gasteiger partial charge in [0, 0.05) is 12.5 Å². The largest absolute Gasteiger partial charge is 0.439 e. The molecule has 0 spiro atoms. The van der Waals surface area contributed by atoms with Crippen LogP contribution in [-0.4, -0.2) is 9.97 Å². The molecule has 0 unspecified atom stereocenters. The van der Waals surface area contributed by atoms with Crippen LogP contribution in [0.15, 0.2) is 24.3 Å². The number of aryl methyl sites for hydroxylation is 3. The average Bonchev–Trinajstić information content (AvgIpc) is 2.33. The third-order valence-electron chi connectivity index (χ3n) is 2.64. The first-order chi connectivity index (χ1) is 8.58. The van der Waals surface area contributed by atoms with Crippen LogP contribution < -0.4 is 10.5 Å². The van der Waals surface area contributed by atoms with Crippen molar-refractivity contribution in [1.82, 2.24) is 9.97 Å². The van der Waals surface area contributed by atoms with Gasteiger partial charge in [-0.25, -0.2) is 4.98 Å². The van der Waals surface area contributed by atoms with Gasteiger partial charge in [-0.05, 0) is 31.0 Å². The minimum absolute atomic E-state index is 0.433. The lowest BCUT2D eigenvalue weighted by atomic mass is 10.1. The van der Waals surface area contributed by atoms with Crippen molar-refractivity contribution in [2.75, 3.05) is 5.73 Å². The summed E-state index contributed by atoms with van der Waals surface area (Å²) >= 11 is 0. The molecule has 0 bridgehead atoms. The Hall–Kier alpha value is -2.10. The molecule has 0 aliphatic heterocycles. The minimum atomic E-state index is 0.433. The van der Waals surface area contributed by atoms with Crippen molar-refractivity contribution in [3.63, 3.8) is 0 Å². The van der Waals surface area contributed by atoms with E-state index in [-0.39, 0.29) is 0 Å². The number of aromatic nitrogens is 2. The molecule has 0 saturated heterocycles. The molecule has 0 saturated carbocycles. The Kier molecular flexibility index (Phi) is 3.46. The standard InChI is InChI=1S/C14H17N3O/c1-4-13-16-12(15)8-14(17-13)18-11-7-9(2)5-6-10(11)3/h5-8H,4H2,1-3H3,(H2,15,16,17). The van der Waals surface area contributed by atoms with Crippen LogP contribution in [0, 0.1) is 13.8 Å². The fraction of sp³-hybridized carbons (Fsp3) is 0.286. The summed E-state index contributed by atoms with van der Waals surface area (Å²) in [6.07, 6.45) is 0.730. The Morgan fingerprint density at radius 2 is 1.94 bits per heavy atom. The van der Waals surface area contributed by atoms with Gasteiger partial charge in [0.05, 0.1) is 0 Å². The lowest BCUT2D eigenvalue weighted by molar-refractivity contribution is 0.455. The minimum Gasteiger partial charge on any atom is -0.439 e. The van der Waals surface area contributed by atoms with Gasteiger partial charge in [-0.15, -0.1) is 0 Å². The molecule has 0 aliphatic rings. The van der Waals surface area contributed by atoms with E-state index in [0.29, 0.717) is 17.5 Å². The van der Waals surface area contributed by atoms with E-state index >= 15 is 0 Å². The number of nitrogens with zero attached hydrogens (tertiary/aromatic N) is 2. The summed E-state index contributed by atoms with van der Waals surface area (Å²) in [6.45, 7) is 6.01. The third kappa shape index (κ3) is 2.77. The number of hydrogen-bond donors (Lipinski definition) is 1. The number of nitrogens with two attached hydrogens (primary N) is 1. The van der Waals surface area contributed by atoms with Gasteiger partial charge in [-0.3, -0.25) is 0 Å². The van der Waals surface area contributed by atoms with E-state index in [0.717, 1.165) is 23.3 Å². The highest BCUT2D eigenvalue weighted by molar-refractivity contribution is 5.40. The van der Waals surface area contributed by atoms with E-state index in [4.69, 9.17) is 10.5 Å². The van der Waals surface area contributed by atoms with Crippen LogP contribution in [-0.2, 0) is 6.42 Å². The lowest BCUT2D eigenvalue weighted by Gasteiger charge is -2.09. The van der Waals surface area contributed by atoms with Gasteiger partial charge in [0.15, 0.2) is 0 Å². The number of nitrogen functional groups attached to an aromatic ring is 1. The van der Waals surface area contributed by atoms with E-state index in [2.05, 4.69) is 9.97 Å². The molecule has 4 heteroatoms. The van der Waals surface area contributed by atoms with Crippen molar-refractivity contribution >= 4 is 5.82 Å². The fourth-order valence-electron chi connectivity index (χ4n) is 1.63. The second-order valence-electron chi connectivity index (χ2n) is 4.27. The summed E-state index contributed by atoms with van der Waals surface area (Å²) in [5.41, 5.74) is 7.94. The predicted octanol–water partition coefficient (Wildman–Crippen LogP) is 3.03. The Balaban J connectivity index is 2.33. The zero-order valence-electron chi connectivity index (χ0n) is 10.9. The molecule has 2 aromatic rings. The zero-order chi connectivity index (χ0) is 13.1. The van der Waals surface area contributed by atoms with E-state index in [1.807, 2.05) is 39.0 Å². The summed E-state index contributed by atoms with van der Waals surface area (Å²) in [7, 11) is 0. The van der Waals surface area contributed by atoms with E-state index in [1.165, 1.54) is 0 Å². The van der Waals surface area contributed by atoms with Crippen molar-refractivity contribution in [2.45, 2.75) is 27.2 Å². The van der Waals surface area contributed by atoms with E-state index in [1.54, 1.807) is 6.07 Å². The Bertz CT molecular complexity index is 567. The van der Waals surface area contributed by atoms with Crippen LogP contribution in [0.3, 0.4) is 0 Å². The van der Waals surface area contributed by atoms with E-state index < -0.39 is 0 Å². The highest BCUT2D eigenvalue weighted by Gasteiger charge is 2.06. The maximum atomic E-state index is 5.78. The molecule has 1 aromatic carbocycles. The maximum absolute atomic E-state index is 5.78. The van der Waals surface area contributed by atoms with Crippen LogP contribution in [0.4, 0.5) is 5.82 Å². The fourth-order valence-corrected chi connectivity index (χ4v) is 1.63. The van der Waals surface area contributed by atoms with Crippen LogP contribution in [0.2, 0.25) is 0 Å². The molecule has 0 atom stereocenters. The predicted molar refractivity (Wildman–Crippen MR) is 71.8 cm³/mol. The molecule has 0 aliphatic carbocycles. The normalized spacial score (nSPS) is 10.4. The van der Waals surface area contributed by atoms with Crippen molar-refractivity contribution in [3.05, 3.63) is 41.2 Å². The molecule has 18 heavy (non-hydrogen) atoms. The first-order valence-electron chi connectivity index (χ1n) is 5.97. The summed E-state index contributed by atoms with van der Waals surface area (Å²) < 4.78 is 5.78. The summed E-state index contributed by atoms with van der Waals surface area (Å²) in [5.74, 6) is 2.42. The third-order valence-corrected chi connectivity index (χ3v) is 2.64. The molecule has 0 amide bonds. The molecule has 2 N–H and O–H groups in total. The Morgan fingerprint density at radius 1 is 1.17 bits per heavy atom. The second kappa shape index (κ2) is 5.04. The van der Waals surface area contributed by atoms with Gasteiger partial charge in [0.25, 0.3) is 0 Å². The smallest absolute Gasteiger partial charge is 0.224 e. The quantitative estimate of drug-likeness (QED) is 0.900. The SMILES string of the molecule is CCc1nc(N)cc(Oc2cc(C)ccc2C)n1. The van der Waals surface area contributed by atoms with Gasteiger partial charge in [-0.1, -0.05) is 19.1 Å². The number of benzene rings is 1. The molecule has 0 radical (unpaired) electrons. The number of anilines is 1. The highest BCUT2D eigenvalue weighted by atomic mass is 16.5. The molecule has 4 nitrogen and oxygen atoms in total. The van der Waals surface area contributed by atoms with Gasteiger partial charge in [0.1, 0.15) is 17.4 Å². The summed E-state index contributed by atoms with van der Waals surface area (Å²) in [5, 5.41) is 0. The van der Waals surface area contributed by atoms with Gasteiger partial charge in [0.2, 0.25) is 5.88 Å². The van der Waals surface area contributed by atoms with Crippen LogP contribution in [0.5, 0.6) is 11.6 Å². The molecule has 1 heterocycles. The van der Waals surface area contributed by atoms with Gasteiger partial charge < -0.3 is 10.5 Å². The Morgan fingerprint density at radius 3 is 2.67 bits per heavy atom. The van der Waals surface area contributed by atoms with E-state index in [9.17, 15) is 0 Å². The number of hydrogen-bond acceptors (Lipinski definition) is 4. The second-order valence-corrected chi connectivity index (χ2v) is 4.27. The number of ether oxygens (including phenoxy) is 1. The van der Waals surface area contributed by atoms with Crippen molar-refractivity contribution < 1.29 is 4.74 Å². The average molecular weight is 243 g/mol. The van der Waals surface area contributed by atoms with Crippen LogP contribution in [0.25, 0.3) is 0 Å². The molecular weight excluding hydrogens is 226 g/mol. The molecule has 94 valence electrons. The zero-order valence-corrected chi connectivity index (χ0v) is 10.9. The summed E-state index contributed by atoms with van der Waals surface area (Å²) in [6, 6.07) is 7.70. The molecular formula is C14H17N3O. The maximum Gasteiger partial charge on any atom is 0.224 e.